The predicted molar refractivity (Wildman–Crippen MR) is 149 cm³/mol. The lowest BCUT2D eigenvalue weighted by Gasteiger charge is -2.25. The van der Waals surface area contributed by atoms with Crippen LogP contribution in [0, 0.1) is 0 Å². The van der Waals surface area contributed by atoms with Crippen LogP contribution in [-0.4, -0.2) is 26.8 Å². The van der Waals surface area contributed by atoms with Gasteiger partial charge in [-0.3, -0.25) is 4.79 Å². The summed E-state index contributed by atoms with van der Waals surface area (Å²) in [6.07, 6.45) is 2.97. The van der Waals surface area contributed by atoms with Crippen molar-refractivity contribution in [3.05, 3.63) is 98.6 Å². The number of carbonyl (C=O) groups excluding carboxylic acids is 2. The van der Waals surface area contributed by atoms with Crippen molar-refractivity contribution in [3.8, 4) is 17.0 Å². The zero-order valence-electron chi connectivity index (χ0n) is 20.0. The Kier molecular flexibility index (Phi) is 7.61. The summed E-state index contributed by atoms with van der Waals surface area (Å²) in [5.74, 6) is -0.341. The molecule has 10 heteroatoms. The van der Waals surface area contributed by atoms with E-state index in [0.29, 0.717) is 22.0 Å². The van der Waals surface area contributed by atoms with Gasteiger partial charge < -0.3 is 15.7 Å². The highest BCUT2D eigenvalue weighted by Crippen LogP contribution is 2.39. The largest absolute Gasteiger partial charge is 0.507 e. The summed E-state index contributed by atoms with van der Waals surface area (Å²) in [5.41, 5.74) is 2.88. The summed E-state index contributed by atoms with van der Waals surface area (Å²) in [6.45, 7) is 0.245. The number of phenols is 1. The molecule has 7 nitrogen and oxygen atoms in total. The molecule has 1 saturated carbocycles. The van der Waals surface area contributed by atoms with E-state index in [0.717, 1.165) is 30.5 Å². The molecule has 0 aliphatic heterocycles. The molecule has 1 aliphatic carbocycles. The third-order valence-electron chi connectivity index (χ3n) is 6.56. The highest BCUT2D eigenvalue weighted by Gasteiger charge is 2.28. The Morgan fingerprint density at radius 2 is 1.66 bits per heavy atom. The zero-order chi connectivity index (χ0) is 26.8. The summed E-state index contributed by atoms with van der Waals surface area (Å²) >= 11 is 18.6. The number of hydrogen-bond acceptors (Lipinski definition) is 4. The van der Waals surface area contributed by atoms with Gasteiger partial charge in [0.1, 0.15) is 5.75 Å². The second-order valence-electron chi connectivity index (χ2n) is 9.03. The average molecular weight is 570 g/mol. The smallest absolute Gasteiger partial charge is 0.342 e. The second-order valence-corrected chi connectivity index (χ2v) is 10.2. The van der Waals surface area contributed by atoms with Gasteiger partial charge in [-0.15, -0.1) is 0 Å². The number of amides is 2. The Hall–Kier alpha value is -3.52. The van der Waals surface area contributed by atoms with Crippen LogP contribution < -0.4 is 10.6 Å². The Morgan fingerprint density at radius 3 is 2.34 bits per heavy atom. The number of rotatable bonds is 6. The Balaban J connectivity index is 1.42. The number of hydrogen-bond donors (Lipinski definition) is 3. The maximum atomic E-state index is 13.2. The van der Waals surface area contributed by atoms with Gasteiger partial charge in [-0.2, -0.15) is 9.78 Å². The number of carbonyl (C=O) groups is 2. The van der Waals surface area contributed by atoms with Crippen LogP contribution in [0.3, 0.4) is 0 Å². The first-order chi connectivity index (χ1) is 18.3. The van der Waals surface area contributed by atoms with Crippen molar-refractivity contribution in [1.29, 1.82) is 0 Å². The molecular weight excluding hydrogens is 547 g/mol. The molecule has 0 bridgehead atoms. The van der Waals surface area contributed by atoms with Crippen LogP contribution in [0.5, 0.6) is 5.75 Å². The van der Waals surface area contributed by atoms with E-state index in [2.05, 4.69) is 15.7 Å². The molecule has 0 unspecified atom stereocenters. The van der Waals surface area contributed by atoms with E-state index >= 15 is 0 Å². The highest BCUT2D eigenvalue weighted by molar-refractivity contribution is 6.40. The standard InChI is InChI=1S/C28H23Cl3N4O3/c29-20-8-2-1-5-17(20)15-32-28(38)35-24(16-6-3-7-16)14-23(34-35)19-13-18(11-12-25(19)36)33-27(37)26-21(30)9-4-10-22(26)31/h1-2,4-5,8-14,16,36H,3,6-7,15H2,(H,32,38)(H,33,37). The molecule has 3 N–H and O–H groups in total. The van der Waals surface area contributed by atoms with Crippen molar-refractivity contribution in [2.75, 3.05) is 5.32 Å². The normalized spacial score (nSPS) is 13.1. The maximum Gasteiger partial charge on any atom is 0.342 e. The molecule has 2 amide bonds. The van der Waals surface area contributed by atoms with E-state index in [1.807, 2.05) is 24.3 Å². The van der Waals surface area contributed by atoms with Crippen molar-refractivity contribution >= 4 is 52.4 Å². The molecule has 0 radical (unpaired) electrons. The molecular formula is C28H23Cl3N4O3. The van der Waals surface area contributed by atoms with Gasteiger partial charge in [-0.25, -0.2) is 4.79 Å². The van der Waals surface area contributed by atoms with Crippen molar-refractivity contribution in [2.45, 2.75) is 31.7 Å². The lowest BCUT2D eigenvalue weighted by atomic mass is 9.82. The van der Waals surface area contributed by atoms with Crippen LogP contribution in [0.2, 0.25) is 15.1 Å². The van der Waals surface area contributed by atoms with Crippen molar-refractivity contribution in [1.82, 2.24) is 15.1 Å². The maximum absolute atomic E-state index is 13.2. The molecule has 3 aromatic carbocycles. The molecule has 1 aromatic heterocycles. The van der Waals surface area contributed by atoms with E-state index in [1.165, 1.54) is 10.7 Å². The SMILES string of the molecule is O=C(Nc1ccc(O)c(-c2cc(C3CCC3)n(C(=O)NCc3ccccc3Cl)n2)c1)c1c(Cl)cccc1Cl. The minimum Gasteiger partial charge on any atom is -0.507 e. The van der Waals surface area contributed by atoms with Crippen LogP contribution in [0.15, 0.2) is 66.7 Å². The predicted octanol–water partition coefficient (Wildman–Crippen LogP) is 7.49. The lowest BCUT2D eigenvalue weighted by Crippen LogP contribution is -2.31. The third kappa shape index (κ3) is 5.36. The molecule has 0 spiro atoms. The average Bonchev–Trinajstić information content (AvgIpc) is 3.28. The Morgan fingerprint density at radius 1 is 0.947 bits per heavy atom. The van der Waals surface area contributed by atoms with Gasteiger partial charge in [0.15, 0.2) is 0 Å². The molecule has 194 valence electrons. The number of nitrogens with zero attached hydrogens (tertiary/aromatic N) is 2. The van der Waals surface area contributed by atoms with E-state index in [9.17, 15) is 14.7 Å². The monoisotopic (exact) mass is 568 g/mol. The topological polar surface area (TPSA) is 96.2 Å². The molecule has 4 aromatic rings. The minimum atomic E-state index is -0.489. The number of benzene rings is 3. The molecule has 0 saturated heterocycles. The molecule has 1 aliphatic rings. The lowest BCUT2D eigenvalue weighted by molar-refractivity contribution is 0.102. The van der Waals surface area contributed by atoms with Crippen LogP contribution >= 0.6 is 34.8 Å². The van der Waals surface area contributed by atoms with Crippen molar-refractivity contribution in [3.63, 3.8) is 0 Å². The third-order valence-corrected chi connectivity index (χ3v) is 7.56. The van der Waals surface area contributed by atoms with Crippen LogP contribution in [0.4, 0.5) is 10.5 Å². The zero-order valence-corrected chi connectivity index (χ0v) is 22.3. The van der Waals surface area contributed by atoms with Gasteiger partial charge in [0.25, 0.3) is 5.91 Å². The summed E-state index contributed by atoms with van der Waals surface area (Å²) in [4.78, 5) is 26.0. The number of aromatic hydroxyl groups is 1. The van der Waals surface area contributed by atoms with E-state index in [4.69, 9.17) is 34.8 Å². The second kappa shape index (κ2) is 11.1. The van der Waals surface area contributed by atoms with Crippen LogP contribution in [0.1, 0.15) is 46.8 Å². The summed E-state index contributed by atoms with van der Waals surface area (Å²) in [7, 11) is 0. The van der Waals surface area contributed by atoms with Crippen LogP contribution in [0.25, 0.3) is 11.3 Å². The minimum absolute atomic E-state index is 0.0416. The number of phenolic OH excluding ortho intramolecular Hbond substituents is 1. The van der Waals surface area contributed by atoms with Crippen molar-refractivity contribution < 1.29 is 14.7 Å². The molecule has 0 atom stereocenters. The van der Waals surface area contributed by atoms with E-state index in [1.54, 1.807) is 36.4 Å². The van der Waals surface area contributed by atoms with Gasteiger partial charge in [0.05, 0.1) is 27.0 Å². The molecule has 5 rings (SSSR count). The first kappa shape index (κ1) is 26.1. The molecule has 38 heavy (non-hydrogen) atoms. The summed E-state index contributed by atoms with van der Waals surface area (Å²) in [5, 5.41) is 21.8. The number of aromatic nitrogens is 2. The summed E-state index contributed by atoms with van der Waals surface area (Å²) < 4.78 is 1.35. The van der Waals surface area contributed by atoms with Crippen molar-refractivity contribution in [2.24, 2.45) is 0 Å². The summed E-state index contributed by atoms with van der Waals surface area (Å²) in [6, 6.07) is 18.1. The van der Waals surface area contributed by atoms with Gasteiger partial charge >= 0.3 is 6.03 Å². The quantitative estimate of drug-likeness (QED) is 0.210. The number of halogens is 3. The Bertz CT molecular complexity index is 1510. The fraction of sp³-hybridized carbons (Fsp3) is 0.179. The number of nitrogens with one attached hydrogen (secondary N) is 2. The first-order valence-corrected chi connectivity index (χ1v) is 13.2. The van der Waals surface area contributed by atoms with Gasteiger partial charge in [0, 0.05) is 28.7 Å². The first-order valence-electron chi connectivity index (χ1n) is 12.0. The molecule has 1 fully saturated rings. The van der Waals surface area contributed by atoms with E-state index in [-0.39, 0.29) is 33.8 Å². The van der Waals surface area contributed by atoms with Crippen LogP contribution in [-0.2, 0) is 6.54 Å². The highest BCUT2D eigenvalue weighted by atomic mass is 35.5. The van der Waals surface area contributed by atoms with Gasteiger partial charge in [-0.05, 0) is 60.9 Å². The van der Waals surface area contributed by atoms with E-state index < -0.39 is 11.9 Å². The fourth-order valence-electron chi connectivity index (χ4n) is 4.30. The molecule has 1 heterocycles. The van der Waals surface area contributed by atoms with Gasteiger partial charge in [0.2, 0.25) is 0 Å². The number of anilines is 1. The van der Waals surface area contributed by atoms with Gasteiger partial charge in [-0.1, -0.05) is 65.5 Å². The fourth-order valence-corrected chi connectivity index (χ4v) is 5.07. The Labute approximate surface area is 234 Å².